The number of carbonyl (C=O) groups is 1. The molecule has 0 bridgehead atoms. The SMILES string of the molecule is N#CC1C=C(Oc2ccc(NC(=O)Nc3ccc4c(c3)C(F)(F)OC(F)(F)O4)cc2)C=CN1O. The normalized spacial score (nSPS) is 19.7. The summed E-state index contributed by atoms with van der Waals surface area (Å²) in [5.41, 5.74) is -0.759. The molecule has 3 N–H and O–H groups in total. The zero-order chi connectivity index (χ0) is 24.5. The summed E-state index contributed by atoms with van der Waals surface area (Å²) in [6, 6.07) is 8.93. The molecule has 13 heteroatoms. The number of anilines is 2. The first kappa shape index (κ1) is 22.9. The van der Waals surface area contributed by atoms with E-state index in [0.29, 0.717) is 17.2 Å². The third-order valence-corrected chi connectivity index (χ3v) is 4.51. The monoisotopic (exact) mass is 478 g/mol. The number of nitriles is 1. The summed E-state index contributed by atoms with van der Waals surface area (Å²) < 4.78 is 66.9. The van der Waals surface area contributed by atoms with Gasteiger partial charge in [-0.2, -0.15) is 14.0 Å². The van der Waals surface area contributed by atoms with Crippen LogP contribution in [0.3, 0.4) is 0 Å². The molecule has 4 rings (SSSR count). The predicted octanol–water partition coefficient (Wildman–Crippen LogP) is 4.71. The molecule has 176 valence electrons. The van der Waals surface area contributed by atoms with Crippen molar-refractivity contribution in [2.24, 2.45) is 0 Å². The second-order valence-electron chi connectivity index (χ2n) is 6.94. The standard InChI is InChI=1S/C21H14F4N4O5/c22-20(23)17-9-13(3-6-18(17)33-21(24,25)34-20)28-19(30)27-12-1-4-15(5-2-12)32-16-7-8-29(31)14(10-16)11-26/h1-10,14,31H,(H2,27,28,30). The Balaban J connectivity index is 1.38. The number of halogens is 4. The maximum absolute atomic E-state index is 13.9. The lowest BCUT2D eigenvalue weighted by molar-refractivity contribution is -0.461. The van der Waals surface area contributed by atoms with Gasteiger partial charge in [0.15, 0.2) is 6.04 Å². The van der Waals surface area contributed by atoms with Gasteiger partial charge in [-0.3, -0.25) is 5.21 Å². The number of nitrogens with zero attached hydrogens (tertiary/aromatic N) is 2. The van der Waals surface area contributed by atoms with Crippen LogP contribution >= 0.6 is 0 Å². The number of allylic oxidation sites excluding steroid dienone is 1. The number of hydrogen-bond donors (Lipinski definition) is 3. The van der Waals surface area contributed by atoms with Crippen LogP contribution in [0.1, 0.15) is 5.56 Å². The number of benzene rings is 2. The van der Waals surface area contributed by atoms with Crippen molar-refractivity contribution in [2.45, 2.75) is 18.4 Å². The van der Waals surface area contributed by atoms with Crippen molar-refractivity contribution in [2.75, 3.05) is 10.6 Å². The number of nitrogens with one attached hydrogen (secondary N) is 2. The van der Waals surface area contributed by atoms with Crippen LogP contribution in [0.25, 0.3) is 0 Å². The van der Waals surface area contributed by atoms with Crippen LogP contribution in [0, 0.1) is 11.3 Å². The Morgan fingerprint density at radius 1 is 1.12 bits per heavy atom. The van der Waals surface area contributed by atoms with Crippen LogP contribution in [-0.2, 0) is 10.8 Å². The van der Waals surface area contributed by atoms with Gasteiger partial charge in [0, 0.05) is 17.6 Å². The molecule has 9 nitrogen and oxygen atoms in total. The van der Waals surface area contributed by atoms with E-state index in [1.165, 1.54) is 42.6 Å². The molecule has 1 unspecified atom stereocenters. The van der Waals surface area contributed by atoms with E-state index < -0.39 is 35.8 Å². The molecule has 0 spiro atoms. The average molecular weight is 478 g/mol. The molecule has 2 aromatic rings. The Kier molecular flexibility index (Phi) is 5.78. The number of ether oxygens (including phenoxy) is 3. The minimum Gasteiger partial charge on any atom is -0.458 e. The Labute approximate surface area is 189 Å². The molecule has 1 atom stereocenters. The van der Waals surface area contributed by atoms with Gasteiger partial charge < -0.3 is 20.1 Å². The highest BCUT2D eigenvalue weighted by molar-refractivity contribution is 5.99. The molecule has 2 aliphatic rings. The molecule has 0 radical (unpaired) electrons. The van der Waals surface area contributed by atoms with Crippen molar-refractivity contribution < 1.29 is 41.8 Å². The van der Waals surface area contributed by atoms with E-state index in [-0.39, 0.29) is 5.69 Å². The van der Waals surface area contributed by atoms with Crippen LogP contribution in [0.5, 0.6) is 11.5 Å². The van der Waals surface area contributed by atoms with Gasteiger partial charge in [-0.25, -0.2) is 14.6 Å². The first-order chi connectivity index (χ1) is 16.0. The number of hydroxylamine groups is 2. The highest BCUT2D eigenvalue weighted by atomic mass is 19.3. The van der Waals surface area contributed by atoms with E-state index in [9.17, 15) is 27.6 Å². The number of amides is 2. The van der Waals surface area contributed by atoms with E-state index in [4.69, 9.17) is 10.00 Å². The maximum atomic E-state index is 13.9. The summed E-state index contributed by atoms with van der Waals surface area (Å²) in [6.07, 6.45) is -4.69. The highest BCUT2D eigenvalue weighted by Gasteiger charge is 2.54. The number of alkyl halides is 4. The fourth-order valence-corrected chi connectivity index (χ4v) is 3.01. The fraction of sp³-hybridized carbons (Fsp3) is 0.143. The van der Waals surface area contributed by atoms with Crippen molar-refractivity contribution >= 4 is 17.4 Å². The molecule has 34 heavy (non-hydrogen) atoms. The zero-order valence-electron chi connectivity index (χ0n) is 16.8. The molecule has 0 aliphatic carbocycles. The van der Waals surface area contributed by atoms with E-state index in [1.54, 1.807) is 0 Å². The van der Waals surface area contributed by atoms with E-state index >= 15 is 0 Å². The average Bonchev–Trinajstić information content (AvgIpc) is 2.75. The van der Waals surface area contributed by atoms with Crippen LogP contribution in [0.4, 0.5) is 33.7 Å². The van der Waals surface area contributed by atoms with E-state index in [2.05, 4.69) is 20.1 Å². The van der Waals surface area contributed by atoms with Crippen LogP contribution in [-0.4, -0.2) is 28.6 Å². The molecule has 0 fully saturated rings. The molecule has 2 aromatic carbocycles. The summed E-state index contributed by atoms with van der Waals surface area (Å²) in [5, 5.41) is 23.9. The molecule has 2 aliphatic heterocycles. The summed E-state index contributed by atoms with van der Waals surface area (Å²) in [4.78, 5) is 12.2. The number of hydrogen-bond acceptors (Lipinski definition) is 7. The van der Waals surface area contributed by atoms with Gasteiger partial charge in [0.2, 0.25) is 0 Å². The van der Waals surface area contributed by atoms with Gasteiger partial charge in [0.25, 0.3) is 0 Å². The summed E-state index contributed by atoms with van der Waals surface area (Å²) in [5.74, 6) is -0.0811. The Bertz CT molecular complexity index is 1210. The molecule has 0 saturated heterocycles. The first-order valence-corrected chi connectivity index (χ1v) is 9.47. The van der Waals surface area contributed by atoms with Gasteiger partial charge in [-0.15, -0.1) is 8.78 Å². The van der Waals surface area contributed by atoms with Crippen molar-refractivity contribution in [1.29, 1.82) is 5.26 Å². The minimum atomic E-state index is -4.49. The van der Waals surface area contributed by atoms with Gasteiger partial charge in [0.1, 0.15) is 17.3 Å². The largest absolute Gasteiger partial charge is 0.540 e. The lowest BCUT2D eigenvalue weighted by atomic mass is 10.1. The van der Waals surface area contributed by atoms with Crippen molar-refractivity contribution in [3.8, 4) is 17.6 Å². The van der Waals surface area contributed by atoms with Gasteiger partial charge >= 0.3 is 18.4 Å². The zero-order valence-corrected chi connectivity index (χ0v) is 16.8. The first-order valence-electron chi connectivity index (χ1n) is 9.47. The van der Waals surface area contributed by atoms with Crippen molar-refractivity contribution in [3.63, 3.8) is 0 Å². The third kappa shape index (κ3) is 5.03. The summed E-state index contributed by atoms with van der Waals surface area (Å²) >= 11 is 0. The Hall–Kier alpha value is -4.28. The van der Waals surface area contributed by atoms with Gasteiger partial charge in [-0.1, -0.05) is 0 Å². The second kappa shape index (κ2) is 8.58. The lowest BCUT2D eigenvalue weighted by Gasteiger charge is -2.30. The number of fused-ring (bicyclic) bond motifs is 1. The minimum absolute atomic E-state index is 0.116. The predicted molar refractivity (Wildman–Crippen MR) is 107 cm³/mol. The Morgan fingerprint density at radius 3 is 2.50 bits per heavy atom. The quantitative estimate of drug-likeness (QED) is 0.545. The van der Waals surface area contributed by atoms with Crippen LogP contribution in [0.2, 0.25) is 0 Å². The van der Waals surface area contributed by atoms with Crippen LogP contribution < -0.4 is 20.1 Å². The van der Waals surface area contributed by atoms with E-state index in [0.717, 1.165) is 23.3 Å². The number of rotatable bonds is 4. The van der Waals surface area contributed by atoms with E-state index in [1.807, 2.05) is 6.07 Å². The third-order valence-electron chi connectivity index (χ3n) is 4.51. The Morgan fingerprint density at radius 2 is 1.79 bits per heavy atom. The lowest BCUT2D eigenvalue weighted by Crippen LogP contribution is -2.41. The highest BCUT2D eigenvalue weighted by Crippen LogP contribution is 2.46. The molecule has 0 aromatic heterocycles. The van der Waals surface area contributed by atoms with Crippen molar-refractivity contribution in [1.82, 2.24) is 5.06 Å². The summed E-state index contributed by atoms with van der Waals surface area (Å²) in [7, 11) is 0. The number of urea groups is 1. The molecule has 2 amide bonds. The second-order valence-corrected chi connectivity index (χ2v) is 6.94. The van der Waals surface area contributed by atoms with Gasteiger partial charge in [-0.05, 0) is 54.6 Å². The topological polar surface area (TPSA) is 116 Å². The van der Waals surface area contributed by atoms with Crippen LogP contribution in [0.15, 0.2) is 66.6 Å². The van der Waals surface area contributed by atoms with Gasteiger partial charge in [0.05, 0.1) is 11.6 Å². The molecular formula is C21H14F4N4O5. The maximum Gasteiger partial charge on any atom is 0.540 e. The fourth-order valence-electron chi connectivity index (χ4n) is 3.01. The molecule has 0 saturated carbocycles. The smallest absolute Gasteiger partial charge is 0.458 e. The molecule has 2 heterocycles. The summed E-state index contributed by atoms with van der Waals surface area (Å²) in [6.45, 7) is 0. The van der Waals surface area contributed by atoms with Crippen molar-refractivity contribution in [3.05, 3.63) is 72.1 Å². The number of carbonyl (C=O) groups excluding carboxylic acids is 1. The molecular weight excluding hydrogens is 464 g/mol.